The Hall–Kier alpha value is -4.19. The van der Waals surface area contributed by atoms with E-state index in [0.29, 0.717) is 19.3 Å². The molecule has 0 rings (SSSR count). The van der Waals surface area contributed by atoms with Crippen molar-refractivity contribution >= 4 is 17.9 Å². The lowest BCUT2D eigenvalue weighted by Crippen LogP contribution is -2.30. The molecule has 0 N–H and O–H groups in total. The Bertz CT molecular complexity index is 1590. The minimum atomic E-state index is -0.801. The second kappa shape index (κ2) is 63.3. The first-order valence-electron chi connectivity index (χ1n) is 31.5. The topological polar surface area (TPSA) is 78.9 Å². The monoisotopic (exact) mass is 1050 g/mol. The molecule has 1 atom stereocenters. The summed E-state index contributed by atoms with van der Waals surface area (Å²) in [5, 5.41) is 0. The fraction of sp³-hybridized carbons (Fsp3) is 0.671. The quantitative estimate of drug-likeness (QED) is 0.0261. The van der Waals surface area contributed by atoms with Crippen molar-refractivity contribution in [2.24, 2.45) is 0 Å². The summed E-state index contributed by atoms with van der Waals surface area (Å²) in [5.41, 5.74) is 0. The Kier molecular flexibility index (Phi) is 59.9. The number of rotatable bonds is 56. The van der Waals surface area contributed by atoms with Crippen LogP contribution in [0.25, 0.3) is 0 Å². The molecule has 0 amide bonds. The van der Waals surface area contributed by atoms with Crippen LogP contribution in [0, 0.1) is 0 Å². The van der Waals surface area contributed by atoms with Gasteiger partial charge in [-0.3, -0.25) is 14.4 Å². The zero-order valence-electron chi connectivity index (χ0n) is 49.5. The number of carbonyl (C=O) groups excluding carboxylic acids is 3. The second-order valence-electron chi connectivity index (χ2n) is 20.6. The van der Waals surface area contributed by atoms with Crippen LogP contribution in [0.3, 0.4) is 0 Å². The van der Waals surface area contributed by atoms with Crippen molar-refractivity contribution in [2.75, 3.05) is 13.2 Å². The van der Waals surface area contributed by atoms with Gasteiger partial charge in [-0.25, -0.2) is 0 Å². The Morgan fingerprint density at radius 2 is 0.513 bits per heavy atom. The van der Waals surface area contributed by atoms with Crippen LogP contribution in [-0.2, 0) is 28.6 Å². The van der Waals surface area contributed by atoms with Crippen LogP contribution in [0.15, 0.2) is 122 Å². The summed E-state index contributed by atoms with van der Waals surface area (Å²) in [5.74, 6) is -0.940. The van der Waals surface area contributed by atoms with E-state index in [4.69, 9.17) is 14.2 Å². The molecule has 0 aromatic heterocycles. The van der Waals surface area contributed by atoms with E-state index in [2.05, 4.69) is 142 Å². The molecular formula is C70H116O6. The fourth-order valence-corrected chi connectivity index (χ4v) is 8.56. The average molecular weight is 1050 g/mol. The molecule has 6 heteroatoms. The Morgan fingerprint density at radius 1 is 0.276 bits per heavy atom. The molecule has 0 saturated carbocycles. The van der Waals surface area contributed by atoms with Crippen molar-refractivity contribution in [1.82, 2.24) is 0 Å². The van der Waals surface area contributed by atoms with E-state index < -0.39 is 6.10 Å². The molecule has 0 aliphatic heterocycles. The van der Waals surface area contributed by atoms with Crippen molar-refractivity contribution in [1.29, 1.82) is 0 Å². The van der Waals surface area contributed by atoms with E-state index in [-0.39, 0.29) is 31.1 Å². The summed E-state index contributed by atoms with van der Waals surface area (Å²) in [6.07, 6.45) is 87.7. The average Bonchev–Trinajstić information content (AvgIpc) is 3.42. The van der Waals surface area contributed by atoms with Gasteiger partial charge in [0.1, 0.15) is 13.2 Å². The Morgan fingerprint density at radius 3 is 0.829 bits per heavy atom. The van der Waals surface area contributed by atoms with Gasteiger partial charge in [-0.15, -0.1) is 0 Å². The van der Waals surface area contributed by atoms with Crippen LogP contribution < -0.4 is 0 Å². The summed E-state index contributed by atoms with van der Waals surface area (Å²) in [4.78, 5) is 38.3. The highest BCUT2D eigenvalue weighted by molar-refractivity contribution is 5.71. The number of hydrogen-bond acceptors (Lipinski definition) is 6. The predicted octanol–water partition coefficient (Wildman–Crippen LogP) is 21.6. The summed E-state index contributed by atoms with van der Waals surface area (Å²) in [6.45, 7) is 6.39. The lowest BCUT2D eigenvalue weighted by Gasteiger charge is -2.18. The molecule has 0 aromatic carbocycles. The van der Waals surface area contributed by atoms with Crippen LogP contribution in [0.4, 0.5) is 0 Å². The zero-order chi connectivity index (χ0) is 55.0. The summed E-state index contributed by atoms with van der Waals surface area (Å²) >= 11 is 0. The van der Waals surface area contributed by atoms with Crippen LogP contribution in [0.1, 0.15) is 284 Å². The number of ether oxygens (including phenoxy) is 3. The van der Waals surface area contributed by atoms with Crippen molar-refractivity contribution < 1.29 is 28.6 Å². The highest BCUT2D eigenvalue weighted by Gasteiger charge is 2.19. The van der Waals surface area contributed by atoms with Crippen LogP contribution in [0.5, 0.6) is 0 Å². The van der Waals surface area contributed by atoms with Gasteiger partial charge in [0.15, 0.2) is 6.10 Å². The minimum absolute atomic E-state index is 0.0960. The van der Waals surface area contributed by atoms with Crippen LogP contribution >= 0.6 is 0 Å². The number of allylic oxidation sites excluding steroid dienone is 20. The molecule has 0 bridgehead atoms. The lowest BCUT2D eigenvalue weighted by atomic mass is 10.0. The van der Waals surface area contributed by atoms with Gasteiger partial charge in [-0.05, 0) is 109 Å². The normalized spacial score (nSPS) is 12.9. The third-order valence-corrected chi connectivity index (χ3v) is 13.2. The van der Waals surface area contributed by atoms with Gasteiger partial charge in [-0.1, -0.05) is 277 Å². The molecule has 432 valence electrons. The van der Waals surface area contributed by atoms with Gasteiger partial charge in [0.2, 0.25) is 0 Å². The molecular weight excluding hydrogens is 937 g/mol. The number of carbonyl (C=O) groups is 3. The highest BCUT2D eigenvalue weighted by atomic mass is 16.6. The number of esters is 3. The fourth-order valence-electron chi connectivity index (χ4n) is 8.56. The SMILES string of the molecule is CC/C=C\C/C=C\C/C=C\C/C=C\C/C=C\C/C=C\CCCCCCCCCCC(=O)OCC(COC(=O)CCCC/C=C\C/C=C\C/C=C\C/C=C\CC)OC(=O)CCCCCCCCCCCCCCCCCC. The molecule has 0 radical (unpaired) electrons. The molecule has 0 fully saturated rings. The Labute approximate surface area is 469 Å². The van der Waals surface area contributed by atoms with Crippen molar-refractivity contribution in [3.63, 3.8) is 0 Å². The maximum atomic E-state index is 12.9. The van der Waals surface area contributed by atoms with Gasteiger partial charge >= 0.3 is 17.9 Å². The molecule has 0 saturated heterocycles. The van der Waals surface area contributed by atoms with Gasteiger partial charge in [-0.2, -0.15) is 0 Å². The van der Waals surface area contributed by atoms with E-state index in [1.165, 1.54) is 116 Å². The molecule has 0 heterocycles. The molecule has 0 aliphatic carbocycles. The van der Waals surface area contributed by atoms with E-state index in [1.807, 2.05) is 0 Å². The standard InChI is InChI=1S/C70H116O6/c1-4-7-10-13-16-19-22-25-28-30-31-32-33-34-35-36-37-38-39-40-43-45-48-51-54-57-60-63-69(72)75-66-67(65-74-68(71)62-59-56-53-50-47-44-41-27-24-21-18-15-12-9-6-3)76-70(73)64-61-58-55-52-49-46-42-29-26-23-20-17-14-11-8-5-2/h7,9-10,12,16,18-19,21,25,27-28,31-32,34-35,37-38,41,47,50,67H,4-6,8,11,13-15,17,20,22-24,26,29-30,33,36,39-40,42-46,48-49,51-66H2,1-3H3/b10-7-,12-9-,19-16-,21-18-,28-25-,32-31-,35-34-,38-37-,41-27-,50-47-. The third-order valence-electron chi connectivity index (χ3n) is 13.2. The first kappa shape index (κ1) is 71.8. The first-order chi connectivity index (χ1) is 37.5. The van der Waals surface area contributed by atoms with Gasteiger partial charge in [0.05, 0.1) is 0 Å². The number of unbranched alkanes of at least 4 members (excludes halogenated alkanes) is 25. The van der Waals surface area contributed by atoms with Crippen LogP contribution in [0.2, 0.25) is 0 Å². The second-order valence-corrected chi connectivity index (χ2v) is 20.6. The molecule has 1 unspecified atom stereocenters. The van der Waals surface area contributed by atoms with E-state index in [1.54, 1.807) is 0 Å². The van der Waals surface area contributed by atoms with Crippen LogP contribution in [-0.4, -0.2) is 37.2 Å². The largest absolute Gasteiger partial charge is 0.462 e. The van der Waals surface area contributed by atoms with Gasteiger partial charge in [0.25, 0.3) is 0 Å². The molecule has 0 aromatic rings. The summed E-state index contributed by atoms with van der Waals surface area (Å²) < 4.78 is 16.9. The van der Waals surface area contributed by atoms with Crippen molar-refractivity contribution in [3.05, 3.63) is 122 Å². The maximum absolute atomic E-state index is 12.9. The molecule has 6 nitrogen and oxygen atoms in total. The zero-order valence-corrected chi connectivity index (χ0v) is 49.5. The maximum Gasteiger partial charge on any atom is 0.306 e. The Balaban J connectivity index is 4.38. The van der Waals surface area contributed by atoms with E-state index in [0.717, 1.165) is 128 Å². The molecule has 0 spiro atoms. The number of hydrogen-bond donors (Lipinski definition) is 0. The predicted molar refractivity (Wildman–Crippen MR) is 330 cm³/mol. The minimum Gasteiger partial charge on any atom is -0.462 e. The van der Waals surface area contributed by atoms with Crippen molar-refractivity contribution in [3.8, 4) is 0 Å². The van der Waals surface area contributed by atoms with Gasteiger partial charge in [0, 0.05) is 19.3 Å². The first-order valence-corrected chi connectivity index (χ1v) is 31.5. The van der Waals surface area contributed by atoms with E-state index >= 15 is 0 Å². The summed E-state index contributed by atoms with van der Waals surface area (Å²) in [7, 11) is 0. The van der Waals surface area contributed by atoms with Gasteiger partial charge < -0.3 is 14.2 Å². The molecule has 0 aliphatic rings. The van der Waals surface area contributed by atoms with E-state index in [9.17, 15) is 14.4 Å². The highest BCUT2D eigenvalue weighted by Crippen LogP contribution is 2.16. The lowest BCUT2D eigenvalue weighted by molar-refractivity contribution is -0.167. The van der Waals surface area contributed by atoms with Crippen molar-refractivity contribution in [2.45, 2.75) is 290 Å². The molecule has 76 heavy (non-hydrogen) atoms. The third kappa shape index (κ3) is 60.7. The summed E-state index contributed by atoms with van der Waals surface area (Å²) in [6, 6.07) is 0. The smallest absolute Gasteiger partial charge is 0.306 e.